The Morgan fingerprint density at radius 3 is 2.18 bits per heavy atom. The van der Waals surface area contributed by atoms with Gasteiger partial charge in [0.15, 0.2) is 0 Å². The highest BCUT2D eigenvalue weighted by atomic mass is 32.2. The zero-order valence-electron chi connectivity index (χ0n) is 19.8. The largest absolute Gasteiger partial charge is 0.490 e. The fourth-order valence-electron chi connectivity index (χ4n) is 4.38. The van der Waals surface area contributed by atoms with Crippen LogP contribution in [0.5, 0.6) is 5.75 Å². The second-order valence-electron chi connectivity index (χ2n) is 8.67. The summed E-state index contributed by atoms with van der Waals surface area (Å²) in [6.45, 7) is 4.31. The molecule has 0 bridgehead atoms. The Hall–Kier alpha value is -2.96. The molecule has 178 valence electrons. The molecule has 1 aliphatic rings. The quantitative estimate of drug-likeness (QED) is 0.394. The van der Waals surface area contributed by atoms with E-state index in [1.165, 1.54) is 22.3 Å². The number of carbonyl (C=O) groups is 1. The lowest BCUT2D eigenvalue weighted by Gasteiger charge is -2.29. The fourth-order valence-corrected chi connectivity index (χ4v) is 4.92. The molecule has 0 radical (unpaired) electrons. The van der Waals surface area contributed by atoms with Gasteiger partial charge in [0.05, 0.1) is 6.54 Å². The van der Waals surface area contributed by atoms with Gasteiger partial charge in [0.25, 0.3) is 0 Å². The predicted molar refractivity (Wildman–Crippen MR) is 137 cm³/mol. The number of ether oxygens (including phenoxy) is 2. The minimum absolute atomic E-state index is 0.00154. The first-order valence-corrected chi connectivity index (χ1v) is 12.8. The predicted octanol–water partition coefficient (Wildman–Crippen LogP) is 5.81. The SMILES string of the molecule is CSc1ccccc1OCC(O)CN(C(=O)OCC1c2ccccc2-c2ccccc21)C(C)C. The maximum absolute atomic E-state index is 13.0. The molecule has 1 N–H and O–H groups in total. The van der Waals surface area contributed by atoms with Gasteiger partial charge in [-0.3, -0.25) is 0 Å². The number of benzene rings is 3. The lowest BCUT2D eigenvalue weighted by atomic mass is 9.98. The third-order valence-corrected chi connectivity index (χ3v) is 6.88. The lowest BCUT2D eigenvalue weighted by molar-refractivity contribution is 0.0413. The highest BCUT2D eigenvalue weighted by molar-refractivity contribution is 7.98. The first-order valence-electron chi connectivity index (χ1n) is 11.5. The molecule has 0 saturated heterocycles. The standard InChI is InChI=1S/C28H31NO4S/c1-19(2)29(16-20(30)17-32-26-14-8-9-15-27(26)34-3)28(31)33-18-25-23-12-6-4-10-21(23)22-11-5-7-13-24(22)25/h4-15,19-20,25,30H,16-18H2,1-3H3. The highest BCUT2D eigenvalue weighted by Crippen LogP contribution is 2.44. The number of hydrogen-bond acceptors (Lipinski definition) is 5. The molecule has 4 rings (SSSR count). The molecule has 0 spiro atoms. The third kappa shape index (κ3) is 5.24. The number of rotatable bonds is 9. The Morgan fingerprint density at radius 2 is 1.56 bits per heavy atom. The number of thioether (sulfide) groups is 1. The molecule has 1 unspecified atom stereocenters. The van der Waals surface area contributed by atoms with E-state index in [0.717, 1.165) is 10.6 Å². The number of hydrogen-bond donors (Lipinski definition) is 1. The summed E-state index contributed by atoms with van der Waals surface area (Å²) in [5.74, 6) is 0.730. The smallest absolute Gasteiger partial charge is 0.410 e. The zero-order chi connectivity index (χ0) is 24.1. The van der Waals surface area contributed by atoms with Crippen molar-refractivity contribution in [1.29, 1.82) is 0 Å². The molecule has 6 heteroatoms. The average Bonchev–Trinajstić information content (AvgIpc) is 3.18. The Bertz CT molecular complexity index is 1090. The van der Waals surface area contributed by atoms with E-state index in [9.17, 15) is 9.90 Å². The topological polar surface area (TPSA) is 59.0 Å². The van der Waals surface area contributed by atoms with Gasteiger partial charge in [0.1, 0.15) is 25.1 Å². The number of aliphatic hydroxyl groups excluding tert-OH is 1. The molecule has 0 aliphatic heterocycles. The summed E-state index contributed by atoms with van der Waals surface area (Å²) >= 11 is 1.59. The van der Waals surface area contributed by atoms with Crippen molar-refractivity contribution in [3.63, 3.8) is 0 Å². The number of amides is 1. The van der Waals surface area contributed by atoms with Crippen molar-refractivity contribution in [2.24, 2.45) is 0 Å². The van der Waals surface area contributed by atoms with E-state index in [-0.39, 0.29) is 31.7 Å². The van der Waals surface area contributed by atoms with E-state index in [1.54, 1.807) is 16.7 Å². The lowest BCUT2D eigenvalue weighted by Crippen LogP contribution is -2.44. The molecule has 1 aliphatic carbocycles. The van der Waals surface area contributed by atoms with Gasteiger partial charge in [-0.1, -0.05) is 60.7 Å². The van der Waals surface area contributed by atoms with Crippen LogP contribution in [0.2, 0.25) is 0 Å². The number of fused-ring (bicyclic) bond motifs is 3. The molecule has 5 nitrogen and oxygen atoms in total. The van der Waals surface area contributed by atoms with Gasteiger partial charge in [0, 0.05) is 16.9 Å². The Morgan fingerprint density at radius 1 is 0.971 bits per heavy atom. The van der Waals surface area contributed by atoms with E-state index in [4.69, 9.17) is 9.47 Å². The van der Waals surface area contributed by atoms with Gasteiger partial charge in [-0.15, -0.1) is 11.8 Å². The molecule has 0 heterocycles. The van der Waals surface area contributed by atoms with Gasteiger partial charge in [0.2, 0.25) is 0 Å². The van der Waals surface area contributed by atoms with Gasteiger partial charge in [-0.05, 0) is 54.5 Å². The summed E-state index contributed by atoms with van der Waals surface area (Å²) in [4.78, 5) is 15.6. The van der Waals surface area contributed by atoms with Crippen LogP contribution >= 0.6 is 11.8 Å². The molecule has 0 aromatic heterocycles. The number of para-hydroxylation sites is 1. The van der Waals surface area contributed by atoms with Crippen LogP contribution in [-0.2, 0) is 4.74 Å². The van der Waals surface area contributed by atoms with Crippen LogP contribution in [0.15, 0.2) is 77.7 Å². The minimum Gasteiger partial charge on any atom is -0.490 e. The van der Waals surface area contributed by atoms with Crippen LogP contribution in [0.4, 0.5) is 4.79 Å². The van der Waals surface area contributed by atoms with Gasteiger partial charge in [-0.25, -0.2) is 4.79 Å². The highest BCUT2D eigenvalue weighted by Gasteiger charge is 2.30. The van der Waals surface area contributed by atoms with Crippen molar-refractivity contribution >= 4 is 17.9 Å². The normalized spacial score (nSPS) is 13.3. The monoisotopic (exact) mass is 477 g/mol. The summed E-state index contributed by atoms with van der Waals surface area (Å²) in [7, 11) is 0. The van der Waals surface area contributed by atoms with E-state index in [1.807, 2.05) is 68.6 Å². The molecular weight excluding hydrogens is 446 g/mol. The first-order chi connectivity index (χ1) is 16.5. The second kappa shape index (κ2) is 11.0. The number of carbonyl (C=O) groups excluding carboxylic acids is 1. The zero-order valence-corrected chi connectivity index (χ0v) is 20.6. The Labute approximate surface area is 205 Å². The number of aliphatic hydroxyl groups is 1. The van der Waals surface area contributed by atoms with Crippen LogP contribution in [-0.4, -0.2) is 54.3 Å². The molecule has 0 saturated carbocycles. The molecule has 1 atom stereocenters. The summed E-state index contributed by atoms with van der Waals surface area (Å²) in [5.41, 5.74) is 4.73. The molecule has 34 heavy (non-hydrogen) atoms. The van der Waals surface area contributed by atoms with Crippen LogP contribution < -0.4 is 4.74 Å². The van der Waals surface area contributed by atoms with E-state index >= 15 is 0 Å². The van der Waals surface area contributed by atoms with Crippen LogP contribution in [0.25, 0.3) is 11.1 Å². The molecule has 3 aromatic rings. The summed E-state index contributed by atoms with van der Waals surface area (Å²) in [5, 5.41) is 10.6. The summed E-state index contributed by atoms with van der Waals surface area (Å²) < 4.78 is 11.6. The van der Waals surface area contributed by atoms with Gasteiger partial charge in [-0.2, -0.15) is 0 Å². The summed E-state index contributed by atoms with van der Waals surface area (Å²) in [6.07, 6.45) is 0.717. The van der Waals surface area contributed by atoms with E-state index < -0.39 is 12.2 Å². The minimum atomic E-state index is -0.835. The van der Waals surface area contributed by atoms with Crippen LogP contribution in [0.1, 0.15) is 30.9 Å². The third-order valence-electron chi connectivity index (χ3n) is 6.10. The van der Waals surface area contributed by atoms with E-state index in [2.05, 4.69) is 24.3 Å². The molecular formula is C28H31NO4S. The summed E-state index contributed by atoms with van der Waals surface area (Å²) in [6, 6.07) is 24.1. The second-order valence-corrected chi connectivity index (χ2v) is 9.51. The fraction of sp³-hybridized carbons (Fsp3) is 0.321. The van der Waals surface area contributed by atoms with E-state index in [0.29, 0.717) is 0 Å². The maximum Gasteiger partial charge on any atom is 0.410 e. The van der Waals surface area contributed by atoms with Crippen molar-refractivity contribution in [2.75, 3.05) is 26.0 Å². The molecule has 0 fully saturated rings. The van der Waals surface area contributed by atoms with Crippen molar-refractivity contribution in [3.05, 3.63) is 83.9 Å². The average molecular weight is 478 g/mol. The Kier molecular flexibility index (Phi) is 7.80. The Balaban J connectivity index is 1.38. The van der Waals surface area contributed by atoms with Crippen LogP contribution in [0, 0.1) is 0 Å². The van der Waals surface area contributed by atoms with Crippen molar-refractivity contribution in [2.45, 2.75) is 36.8 Å². The molecule has 3 aromatic carbocycles. The van der Waals surface area contributed by atoms with Crippen molar-refractivity contribution < 1.29 is 19.4 Å². The van der Waals surface area contributed by atoms with Crippen LogP contribution in [0.3, 0.4) is 0 Å². The van der Waals surface area contributed by atoms with Gasteiger partial charge < -0.3 is 19.5 Å². The van der Waals surface area contributed by atoms with Gasteiger partial charge >= 0.3 is 6.09 Å². The maximum atomic E-state index is 13.0. The van der Waals surface area contributed by atoms with Crippen molar-refractivity contribution in [3.8, 4) is 16.9 Å². The number of nitrogens with zero attached hydrogens (tertiary/aromatic N) is 1. The first kappa shape index (κ1) is 24.2. The molecule has 1 amide bonds. The van der Waals surface area contributed by atoms with Crippen molar-refractivity contribution in [1.82, 2.24) is 4.90 Å².